The molecule has 0 aromatic heterocycles. The lowest BCUT2D eigenvalue weighted by atomic mass is 9.94. The molecule has 0 spiro atoms. The summed E-state index contributed by atoms with van der Waals surface area (Å²) in [5.74, 6) is 0. The third-order valence-electron chi connectivity index (χ3n) is 4.25. The summed E-state index contributed by atoms with van der Waals surface area (Å²) < 4.78 is 0. The van der Waals surface area contributed by atoms with Crippen LogP contribution in [0.3, 0.4) is 0 Å². The van der Waals surface area contributed by atoms with Crippen molar-refractivity contribution in [2.24, 2.45) is 0 Å². The average Bonchev–Trinajstić information content (AvgIpc) is 2.50. The highest BCUT2D eigenvalue weighted by molar-refractivity contribution is 6.67. The van der Waals surface area contributed by atoms with Gasteiger partial charge in [0.2, 0.25) is 0 Å². The van der Waals surface area contributed by atoms with Crippen molar-refractivity contribution in [2.75, 3.05) is 0 Å². The fourth-order valence-corrected chi connectivity index (χ4v) is 3.21. The zero-order valence-electron chi connectivity index (χ0n) is 12.1. The Morgan fingerprint density at radius 3 is 1.90 bits per heavy atom. The standard InChI is InChI=1S/C19H19ClO/c20-19(21)18-13-16-5-1-3-14-7-9-15(10-8-14)4-2-6-17(18)12-11-16/h7-13H,1-6H2. The minimum Gasteiger partial charge on any atom is -0.276 e. The Morgan fingerprint density at radius 1 is 0.762 bits per heavy atom. The molecule has 108 valence electrons. The van der Waals surface area contributed by atoms with Gasteiger partial charge < -0.3 is 0 Å². The monoisotopic (exact) mass is 298 g/mol. The predicted molar refractivity (Wildman–Crippen MR) is 87.1 cm³/mol. The summed E-state index contributed by atoms with van der Waals surface area (Å²) >= 11 is 5.76. The van der Waals surface area contributed by atoms with Crippen molar-refractivity contribution >= 4 is 16.8 Å². The Kier molecular flexibility index (Phi) is 4.40. The molecule has 0 unspecified atom stereocenters. The minimum absolute atomic E-state index is 0.331. The maximum atomic E-state index is 11.7. The summed E-state index contributed by atoms with van der Waals surface area (Å²) in [4.78, 5) is 11.7. The lowest BCUT2D eigenvalue weighted by Gasteiger charge is -2.11. The number of carbonyl (C=O) groups is 1. The van der Waals surface area contributed by atoms with Gasteiger partial charge in [-0.25, -0.2) is 0 Å². The highest BCUT2D eigenvalue weighted by Crippen LogP contribution is 2.20. The Hall–Kier alpha value is -1.60. The van der Waals surface area contributed by atoms with Gasteiger partial charge in [-0.2, -0.15) is 0 Å². The van der Waals surface area contributed by atoms with Gasteiger partial charge in [0.1, 0.15) is 0 Å². The topological polar surface area (TPSA) is 17.1 Å². The maximum absolute atomic E-state index is 11.7. The van der Waals surface area contributed by atoms with Gasteiger partial charge in [-0.05, 0) is 78.4 Å². The predicted octanol–water partition coefficient (Wildman–Crippen LogP) is 4.73. The molecular weight excluding hydrogens is 280 g/mol. The second-order valence-electron chi connectivity index (χ2n) is 5.79. The average molecular weight is 299 g/mol. The molecule has 0 amide bonds. The van der Waals surface area contributed by atoms with Crippen LogP contribution in [0.2, 0.25) is 0 Å². The molecule has 2 heteroatoms. The van der Waals surface area contributed by atoms with E-state index in [0.29, 0.717) is 5.56 Å². The van der Waals surface area contributed by atoms with Crippen molar-refractivity contribution in [3.05, 3.63) is 70.3 Å². The molecule has 0 saturated heterocycles. The molecule has 0 N–H and O–H groups in total. The first kappa shape index (κ1) is 14.3. The van der Waals surface area contributed by atoms with E-state index in [1.54, 1.807) is 0 Å². The number of carbonyl (C=O) groups excluding carboxylic acids is 1. The number of aryl methyl sites for hydroxylation is 4. The highest BCUT2D eigenvalue weighted by Gasteiger charge is 2.11. The number of halogens is 1. The Morgan fingerprint density at radius 2 is 1.29 bits per heavy atom. The molecule has 0 saturated carbocycles. The molecule has 2 aromatic rings. The first-order valence-corrected chi connectivity index (χ1v) is 7.99. The van der Waals surface area contributed by atoms with Crippen LogP contribution in [-0.4, -0.2) is 5.24 Å². The van der Waals surface area contributed by atoms with E-state index in [1.165, 1.54) is 16.7 Å². The van der Waals surface area contributed by atoms with E-state index >= 15 is 0 Å². The summed E-state index contributed by atoms with van der Waals surface area (Å²) in [6.07, 6.45) is 6.13. The Bertz CT molecular complexity index is 643. The van der Waals surface area contributed by atoms with Crippen LogP contribution in [0, 0.1) is 0 Å². The highest BCUT2D eigenvalue weighted by atomic mass is 35.5. The molecule has 1 nitrogen and oxygen atoms in total. The first-order valence-electron chi connectivity index (χ1n) is 7.62. The third-order valence-corrected chi connectivity index (χ3v) is 4.46. The van der Waals surface area contributed by atoms with Crippen molar-refractivity contribution in [1.29, 1.82) is 0 Å². The van der Waals surface area contributed by atoms with E-state index in [2.05, 4.69) is 36.4 Å². The SMILES string of the molecule is O=C(Cl)c1cc2ccc1CCCc1ccc(cc1)CCC2. The molecule has 0 heterocycles. The summed E-state index contributed by atoms with van der Waals surface area (Å²) in [5.41, 5.74) is 5.73. The second kappa shape index (κ2) is 6.44. The molecule has 2 aromatic carbocycles. The van der Waals surface area contributed by atoms with Crippen LogP contribution in [-0.2, 0) is 25.7 Å². The van der Waals surface area contributed by atoms with Gasteiger partial charge in [-0.1, -0.05) is 36.4 Å². The summed E-state index contributed by atoms with van der Waals surface area (Å²) in [7, 11) is 0. The fourth-order valence-electron chi connectivity index (χ4n) is 3.03. The quantitative estimate of drug-likeness (QED) is 0.696. The Labute approximate surface area is 131 Å². The molecule has 0 radical (unpaired) electrons. The number of hydrogen-bond donors (Lipinski definition) is 0. The number of benzene rings is 2. The van der Waals surface area contributed by atoms with Crippen LogP contribution >= 0.6 is 11.6 Å². The minimum atomic E-state index is -0.331. The van der Waals surface area contributed by atoms with Gasteiger partial charge in [-0.3, -0.25) is 4.79 Å². The van der Waals surface area contributed by atoms with Crippen LogP contribution in [0.25, 0.3) is 0 Å². The fraction of sp³-hybridized carbons (Fsp3) is 0.316. The van der Waals surface area contributed by atoms with Gasteiger partial charge >= 0.3 is 0 Å². The second-order valence-corrected chi connectivity index (χ2v) is 6.13. The van der Waals surface area contributed by atoms with E-state index in [-0.39, 0.29) is 5.24 Å². The zero-order valence-corrected chi connectivity index (χ0v) is 12.8. The smallest absolute Gasteiger partial charge is 0.252 e. The molecule has 0 fully saturated rings. The van der Waals surface area contributed by atoms with Crippen molar-refractivity contribution in [3.8, 4) is 0 Å². The number of rotatable bonds is 1. The van der Waals surface area contributed by atoms with Crippen LogP contribution in [0.5, 0.6) is 0 Å². The van der Waals surface area contributed by atoms with Crippen LogP contribution < -0.4 is 0 Å². The molecule has 0 aliphatic heterocycles. The van der Waals surface area contributed by atoms with Crippen molar-refractivity contribution < 1.29 is 4.79 Å². The van der Waals surface area contributed by atoms with Crippen molar-refractivity contribution in [3.63, 3.8) is 0 Å². The van der Waals surface area contributed by atoms with E-state index in [0.717, 1.165) is 44.1 Å². The molecule has 6 rings (SSSR count). The lowest BCUT2D eigenvalue weighted by Crippen LogP contribution is -2.02. The van der Waals surface area contributed by atoms with E-state index < -0.39 is 0 Å². The first-order chi connectivity index (χ1) is 10.2. The van der Waals surface area contributed by atoms with Gasteiger partial charge in [-0.15, -0.1) is 0 Å². The maximum Gasteiger partial charge on any atom is 0.252 e. The number of hydrogen-bond acceptors (Lipinski definition) is 1. The normalized spacial score (nSPS) is 14.9. The molecule has 4 aliphatic rings. The van der Waals surface area contributed by atoms with Gasteiger partial charge in [0.25, 0.3) is 5.24 Å². The molecule has 0 atom stereocenters. The van der Waals surface area contributed by atoms with Crippen LogP contribution in [0.15, 0.2) is 42.5 Å². The van der Waals surface area contributed by atoms with Gasteiger partial charge in [0.05, 0.1) is 0 Å². The van der Waals surface area contributed by atoms with Crippen molar-refractivity contribution in [1.82, 2.24) is 0 Å². The van der Waals surface area contributed by atoms with E-state index in [4.69, 9.17) is 11.6 Å². The van der Waals surface area contributed by atoms with E-state index in [1.807, 2.05) is 6.07 Å². The Balaban J connectivity index is 1.90. The molecule has 21 heavy (non-hydrogen) atoms. The molecule has 4 aliphatic carbocycles. The van der Waals surface area contributed by atoms with E-state index in [9.17, 15) is 4.79 Å². The van der Waals surface area contributed by atoms with Crippen LogP contribution in [0.1, 0.15) is 45.5 Å². The van der Waals surface area contributed by atoms with Gasteiger partial charge in [0.15, 0.2) is 0 Å². The largest absolute Gasteiger partial charge is 0.276 e. The molecular formula is C19H19ClO. The zero-order chi connectivity index (χ0) is 14.7. The van der Waals surface area contributed by atoms with Gasteiger partial charge in [0, 0.05) is 5.56 Å². The summed E-state index contributed by atoms with van der Waals surface area (Å²) in [5, 5.41) is -0.331. The van der Waals surface area contributed by atoms with Crippen LogP contribution in [0.4, 0.5) is 0 Å². The van der Waals surface area contributed by atoms with Crippen molar-refractivity contribution in [2.45, 2.75) is 38.5 Å². The third kappa shape index (κ3) is 3.54. The summed E-state index contributed by atoms with van der Waals surface area (Å²) in [6.45, 7) is 0. The summed E-state index contributed by atoms with van der Waals surface area (Å²) in [6, 6.07) is 15.2. The lowest BCUT2D eigenvalue weighted by molar-refractivity contribution is 0.108. The molecule has 4 bridgehead atoms.